The molecule has 0 unspecified atom stereocenters. The summed E-state index contributed by atoms with van der Waals surface area (Å²) in [4.78, 5) is 43.5. The molecule has 4 rings (SSSR count). The van der Waals surface area contributed by atoms with Crippen molar-refractivity contribution in [3.8, 4) is 5.75 Å². The van der Waals surface area contributed by atoms with E-state index in [9.17, 15) is 19.5 Å². The number of ether oxygens (including phenoxy) is 2. The van der Waals surface area contributed by atoms with Gasteiger partial charge in [-0.2, -0.15) is 0 Å². The lowest BCUT2D eigenvalue weighted by molar-refractivity contribution is -0.115. The van der Waals surface area contributed by atoms with Gasteiger partial charge in [-0.1, -0.05) is 55.5 Å². The van der Waals surface area contributed by atoms with E-state index in [1.807, 2.05) is 74.5 Å². The summed E-state index contributed by atoms with van der Waals surface area (Å²) >= 11 is 0. The number of likely N-dealkylation sites (N-methyl/N-ethyl adjacent to an activating group) is 1. The van der Waals surface area contributed by atoms with Gasteiger partial charge >= 0.3 is 6.03 Å². The standard InChI is InChI=1S/C37H48N4O6/c1-26-23-41(27(2)25-42)36(44)32-22-31(38-35(43)21-29-14-7-5-8-15-29)18-19-33(32)47-28(3)13-11-12-20-46-34(26)24-40(4)37(45)39-30-16-9-6-10-17-30/h5-10,14-19,22,26-28,34,42H,11-13,20-21,23-25H2,1-4H3,(H,38,43)(H,39,45)/t26-,27+,28+,34+/m1/s1. The van der Waals surface area contributed by atoms with E-state index in [0.717, 1.165) is 24.8 Å². The fourth-order valence-corrected chi connectivity index (χ4v) is 5.54. The number of nitrogens with one attached hydrogen (secondary N) is 2. The molecule has 0 saturated heterocycles. The second-order valence-corrected chi connectivity index (χ2v) is 12.4. The maximum atomic E-state index is 14.3. The van der Waals surface area contributed by atoms with Gasteiger partial charge in [-0.25, -0.2) is 4.79 Å². The fraction of sp³-hybridized carbons (Fsp3) is 0.432. The molecule has 0 saturated carbocycles. The molecule has 0 aromatic heterocycles. The summed E-state index contributed by atoms with van der Waals surface area (Å²) in [5, 5.41) is 16.0. The minimum atomic E-state index is -0.515. The van der Waals surface area contributed by atoms with Gasteiger partial charge in [0.2, 0.25) is 5.91 Å². The number of benzene rings is 3. The molecule has 0 bridgehead atoms. The van der Waals surface area contributed by atoms with Crippen molar-refractivity contribution in [2.45, 2.75) is 64.7 Å². The summed E-state index contributed by atoms with van der Waals surface area (Å²) in [6, 6.07) is 23.1. The van der Waals surface area contributed by atoms with E-state index in [4.69, 9.17) is 9.47 Å². The van der Waals surface area contributed by atoms with Crippen LogP contribution in [0.25, 0.3) is 0 Å². The monoisotopic (exact) mass is 644 g/mol. The predicted molar refractivity (Wildman–Crippen MR) is 184 cm³/mol. The number of carbonyl (C=O) groups is 3. The molecule has 4 atom stereocenters. The van der Waals surface area contributed by atoms with Crippen LogP contribution in [0.4, 0.5) is 16.2 Å². The van der Waals surface area contributed by atoms with Gasteiger partial charge in [0, 0.05) is 44.0 Å². The number of para-hydroxylation sites is 1. The summed E-state index contributed by atoms with van der Waals surface area (Å²) < 4.78 is 12.7. The smallest absolute Gasteiger partial charge is 0.321 e. The van der Waals surface area contributed by atoms with Crippen molar-refractivity contribution in [2.75, 3.05) is 44.0 Å². The molecule has 0 fully saturated rings. The third-order valence-corrected chi connectivity index (χ3v) is 8.37. The summed E-state index contributed by atoms with van der Waals surface area (Å²) in [5.74, 6) is -0.299. The van der Waals surface area contributed by atoms with Crippen molar-refractivity contribution < 1.29 is 29.0 Å². The quantitative estimate of drug-likeness (QED) is 0.284. The first-order valence-electron chi connectivity index (χ1n) is 16.4. The Morgan fingerprint density at radius 2 is 1.68 bits per heavy atom. The van der Waals surface area contributed by atoms with Crippen molar-refractivity contribution in [1.29, 1.82) is 0 Å². The van der Waals surface area contributed by atoms with Crippen LogP contribution in [0.1, 0.15) is 56.0 Å². The highest BCUT2D eigenvalue weighted by atomic mass is 16.5. The van der Waals surface area contributed by atoms with Crippen molar-refractivity contribution in [3.05, 3.63) is 90.0 Å². The highest BCUT2D eigenvalue weighted by molar-refractivity contribution is 6.00. The normalized spacial score (nSPS) is 19.8. The number of fused-ring (bicyclic) bond motifs is 1. The van der Waals surface area contributed by atoms with Gasteiger partial charge in [-0.05, 0) is 69.0 Å². The number of hydrogen-bond acceptors (Lipinski definition) is 6. The number of amides is 4. The second-order valence-electron chi connectivity index (χ2n) is 12.4. The molecule has 10 nitrogen and oxygen atoms in total. The average molecular weight is 645 g/mol. The highest BCUT2D eigenvalue weighted by Crippen LogP contribution is 2.28. The molecule has 0 spiro atoms. The van der Waals surface area contributed by atoms with E-state index in [1.54, 1.807) is 42.0 Å². The van der Waals surface area contributed by atoms with Crippen molar-refractivity contribution in [3.63, 3.8) is 0 Å². The molecule has 4 amide bonds. The average Bonchev–Trinajstić information content (AvgIpc) is 3.06. The number of rotatable bonds is 8. The molecule has 1 heterocycles. The zero-order valence-electron chi connectivity index (χ0n) is 27.9. The molecule has 252 valence electrons. The Morgan fingerprint density at radius 3 is 2.38 bits per heavy atom. The van der Waals surface area contributed by atoms with E-state index in [1.165, 1.54) is 0 Å². The first kappa shape index (κ1) is 35.4. The summed E-state index contributed by atoms with van der Waals surface area (Å²) in [6.45, 7) is 6.57. The highest BCUT2D eigenvalue weighted by Gasteiger charge is 2.31. The van der Waals surface area contributed by atoms with E-state index >= 15 is 0 Å². The molecule has 10 heteroatoms. The number of hydrogen-bond donors (Lipinski definition) is 3. The van der Waals surface area contributed by atoms with Crippen LogP contribution >= 0.6 is 0 Å². The number of nitrogens with zero attached hydrogens (tertiary/aromatic N) is 2. The topological polar surface area (TPSA) is 120 Å². The van der Waals surface area contributed by atoms with Crippen LogP contribution in [0.5, 0.6) is 5.75 Å². The Kier molecular flexibility index (Phi) is 13.2. The lowest BCUT2D eigenvalue weighted by Gasteiger charge is -2.35. The van der Waals surface area contributed by atoms with Crippen molar-refractivity contribution in [2.24, 2.45) is 5.92 Å². The molecule has 47 heavy (non-hydrogen) atoms. The molecular weight excluding hydrogens is 596 g/mol. The van der Waals surface area contributed by atoms with E-state index in [-0.39, 0.29) is 55.5 Å². The summed E-state index contributed by atoms with van der Waals surface area (Å²) in [5.41, 5.74) is 2.36. The minimum absolute atomic E-state index is 0.172. The number of anilines is 2. The van der Waals surface area contributed by atoms with E-state index < -0.39 is 6.04 Å². The third kappa shape index (κ3) is 10.6. The van der Waals surface area contributed by atoms with Gasteiger partial charge in [-0.15, -0.1) is 0 Å². The summed E-state index contributed by atoms with van der Waals surface area (Å²) in [7, 11) is 1.72. The number of aliphatic hydroxyl groups is 1. The van der Waals surface area contributed by atoms with Crippen LogP contribution in [0.15, 0.2) is 78.9 Å². The van der Waals surface area contributed by atoms with Gasteiger partial charge in [0.25, 0.3) is 5.91 Å². The largest absolute Gasteiger partial charge is 0.490 e. The van der Waals surface area contributed by atoms with E-state index in [2.05, 4.69) is 10.6 Å². The van der Waals surface area contributed by atoms with Gasteiger partial charge in [0.1, 0.15) is 5.75 Å². The Morgan fingerprint density at radius 1 is 0.979 bits per heavy atom. The van der Waals surface area contributed by atoms with Gasteiger partial charge < -0.3 is 35.0 Å². The molecule has 3 aromatic carbocycles. The maximum Gasteiger partial charge on any atom is 0.321 e. The van der Waals surface area contributed by atoms with Crippen LogP contribution in [0.2, 0.25) is 0 Å². The molecule has 0 aliphatic carbocycles. The van der Waals surface area contributed by atoms with Crippen molar-refractivity contribution >= 4 is 29.2 Å². The predicted octanol–water partition coefficient (Wildman–Crippen LogP) is 5.83. The van der Waals surface area contributed by atoms with Crippen LogP contribution in [-0.2, 0) is 16.0 Å². The number of aliphatic hydroxyl groups excluding tert-OH is 1. The molecule has 1 aliphatic rings. The Bertz CT molecular complexity index is 1450. The molecular formula is C37H48N4O6. The second kappa shape index (κ2) is 17.5. The SMILES string of the molecule is C[C@@H]1CN([C@@H](C)CO)C(=O)c2cc(NC(=O)Cc3ccccc3)ccc2O[C@@H](C)CCCCO[C@H]1CN(C)C(=O)Nc1ccccc1. The fourth-order valence-electron chi connectivity index (χ4n) is 5.54. The lowest BCUT2D eigenvalue weighted by atomic mass is 10.0. The van der Waals surface area contributed by atoms with Crippen LogP contribution in [0.3, 0.4) is 0 Å². The lowest BCUT2D eigenvalue weighted by Crippen LogP contribution is -2.48. The van der Waals surface area contributed by atoms with Gasteiger partial charge in [-0.3, -0.25) is 9.59 Å². The zero-order chi connectivity index (χ0) is 33.8. The van der Waals surface area contributed by atoms with Crippen LogP contribution < -0.4 is 15.4 Å². The minimum Gasteiger partial charge on any atom is -0.490 e. The van der Waals surface area contributed by atoms with Crippen molar-refractivity contribution in [1.82, 2.24) is 9.80 Å². The van der Waals surface area contributed by atoms with Crippen LogP contribution in [0, 0.1) is 5.92 Å². The van der Waals surface area contributed by atoms with Gasteiger partial charge in [0.15, 0.2) is 0 Å². The number of urea groups is 1. The van der Waals surface area contributed by atoms with Crippen LogP contribution in [-0.4, -0.2) is 84.4 Å². The zero-order valence-corrected chi connectivity index (χ0v) is 27.9. The summed E-state index contributed by atoms with van der Waals surface area (Å²) in [6.07, 6.45) is 2.08. The molecule has 0 radical (unpaired) electrons. The molecule has 3 N–H and O–H groups in total. The molecule has 3 aromatic rings. The van der Waals surface area contributed by atoms with E-state index in [0.29, 0.717) is 35.8 Å². The first-order chi connectivity index (χ1) is 22.6. The Balaban J connectivity index is 1.58. The Labute approximate surface area is 278 Å². The number of carbonyl (C=O) groups excluding carboxylic acids is 3. The molecule has 1 aliphatic heterocycles. The Hall–Kier alpha value is -4.41. The maximum absolute atomic E-state index is 14.3. The first-order valence-corrected chi connectivity index (χ1v) is 16.4. The van der Waals surface area contributed by atoms with Gasteiger partial charge in [0.05, 0.1) is 36.8 Å². The third-order valence-electron chi connectivity index (χ3n) is 8.37.